The highest BCUT2D eigenvalue weighted by Crippen LogP contribution is 2.39. The van der Waals surface area contributed by atoms with Crippen molar-refractivity contribution in [2.75, 3.05) is 19.0 Å². The summed E-state index contributed by atoms with van der Waals surface area (Å²) in [4.78, 5) is 12.3. The number of aliphatic hydroxyl groups excluding tert-OH is 1. The van der Waals surface area contributed by atoms with Crippen LogP contribution in [0.3, 0.4) is 0 Å². The predicted molar refractivity (Wildman–Crippen MR) is 118 cm³/mol. The van der Waals surface area contributed by atoms with E-state index in [-0.39, 0.29) is 12.6 Å². The van der Waals surface area contributed by atoms with E-state index in [4.69, 9.17) is 9.47 Å². The molecule has 1 heterocycles. The third-order valence-electron chi connectivity index (χ3n) is 4.29. The Hall–Kier alpha value is -0.730. The minimum Gasteiger partial charge on any atom is -0.491 e. The van der Waals surface area contributed by atoms with Gasteiger partial charge >= 0.3 is 5.97 Å². The lowest BCUT2D eigenvalue weighted by atomic mass is 9.89. The first-order valence-corrected chi connectivity index (χ1v) is 12.5. The van der Waals surface area contributed by atoms with Crippen molar-refractivity contribution in [2.24, 2.45) is 0 Å². The molecular weight excluding hydrogens is 463 g/mol. The molecule has 26 heavy (non-hydrogen) atoms. The van der Waals surface area contributed by atoms with Crippen LogP contribution in [0.4, 0.5) is 0 Å². The summed E-state index contributed by atoms with van der Waals surface area (Å²) in [6.07, 6.45) is 3.51. The van der Waals surface area contributed by atoms with Gasteiger partial charge in [0.2, 0.25) is 0 Å². The number of hydrogen-bond donors (Lipinski definition) is 1. The number of benzene rings is 1. The molecule has 1 N–H and O–H groups in total. The van der Waals surface area contributed by atoms with Gasteiger partial charge in [-0.3, -0.25) is 0 Å². The van der Waals surface area contributed by atoms with E-state index in [1.807, 2.05) is 26.8 Å². The number of carbonyl (C=O) groups excluding carboxylic acids is 1. The molecule has 6 heteroatoms. The second-order valence-electron chi connectivity index (χ2n) is 5.77. The van der Waals surface area contributed by atoms with Crippen LogP contribution in [-0.4, -0.2) is 30.0 Å². The van der Waals surface area contributed by atoms with Gasteiger partial charge in [0.25, 0.3) is 0 Å². The Bertz CT molecular complexity index is 656. The quantitative estimate of drug-likeness (QED) is 0.234. The third kappa shape index (κ3) is 5.39. The number of cyclic esters (lactones) is 1. The number of rotatable bonds is 8. The number of hydrogen-bond acceptors (Lipinski definition) is 5. The van der Waals surface area contributed by atoms with E-state index in [9.17, 15) is 9.90 Å². The van der Waals surface area contributed by atoms with Gasteiger partial charge in [0.1, 0.15) is 17.9 Å². The highest BCUT2D eigenvalue weighted by Gasteiger charge is 2.31. The first-order chi connectivity index (χ1) is 12.5. The van der Waals surface area contributed by atoms with Gasteiger partial charge < -0.3 is 14.6 Å². The molecule has 4 nitrogen and oxygen atoms in total. The molecule has 0 saturated carbocycles. The van der Waals surface area contributed by atoms with Crippen LogP contribution >= 0.6 is 30.1 Å². The summed E-state index contributed by atoms with van der Waals surface area (Å²) in [5.41, 5.74) is 5.84. The zero-order valence-corrected chi connectivity index (χ0v) is 19.3. The molecule has 1 aromatic rings. The molecule has 0 unspecified atom stereocenters. The maximum Gasteiger partial charge on any atom is 0.342 e. The van der Waals surface area contributed by atoms with Crippen molar-refractivity contribution in [2.45, 2.75) is 54.1 Å². The van der Waals surface area contributed by atoms with Crippen LogP contribution in [0, 0.1) is 6.92 Å². The molecule has 0 atom stereocenters. The van der Waals surface area contributed by atoms with Crippen molar-refractivity contribution < 1.29 is 19.4 Å². The molecule has 0 saturated heterocycles. The molecule has 0 spiro atoms. The van der Waals surface area contributed by atoms with Crippen molar-refractivity contribution in [3.8, 4) is 5.75 Å². The number of fused-ring (bicyclic) bond motifs is 1. The van der Waals surface area contributed by atoms with Gasteiger partial charge in [0.15, 0.2) is 0 Å². The Morgan fingerprint density at radius 2 is 2.08 bits per heavy atom. The molecule has 1 aromatic carbocycles. The standard InChI is InChI=1S/C18H23IO4S.C2H6/c1-4-13-12(3)15-10-23-18(21)16(15)17(22-7-8-24-19)14(13)6-5-11(2)9-20;1-2/h5,20H,4,6-10H2,1-3H3;1-2H3/b11-5+;. The molecule has 1 aliphatic rings. The van der Waals surface area contributed by atoms with E-state index in [1.54, 1.807) is 8.93 Å². The molecule has 0 bridgehead atoms. The molecule has 0 aliphatic carbocycles. The lowest BCUT2D eigenvalue weighted by Gasteiger charge is -2.20. The van der Waals surface area contributed by atoms with E-state index in [2.05, 4.69) is 35.1 Å². The number of esters is 1. The van der Waals surface area contributed by atoms with Crippen molar-refractivity contribution in [3.05, 3.63) is 39.5 Å². The van der Waals surface area contributed by atoms with Gasteiger partial charge in [-0.05, 0) is 59.0 Å². The molecule has 1 aliphatic heterocycles. The maximum atomic E-state index is 12.3. The summed E-state index contributed by atoms with van der Waals surface area (Å²) in [7, 11) is 1.68. The fourth-order valence-electron chi connectivity index (χ4n) is 3.00. The maximum absolute atomic E-state index is 12.3. The van der Waals surface area contributed by atoms with E-state index >= 15 is 0 Å². The molecule has 146 valence electrons. The smallest absolute Gasteiger partial charge is 0.342 e. The van der Waals surface area contributed by atoms with Crippen LogP contribution in [-0.2, 0) is 24.2 Å². The fraction of sp³-hybridized carbons (Fsp3) is 0.550. The van der Waals surface area contributed by atoms with E-state index < -0.39 is 0 Å². The van der Waals surface area contributed by atoms with Crippen LogP contribution in [0.15, 0.2) is 11.6 Å². The Kier molecular flexibility index (Phi) is 10.6. The molecule has 0 radical (unpaired) electrons. The van der Waals surface area contributed by atoms with Crippen LogP contribution in [0.5, 0.6) is 5.75 Å². The minimum absolute atomic E-state index is 0.0368. The number of allylic oxidation sites excluding steroid dienone is 1. The predicted octanol–water partition coefficient (Wildman–Crippen LogP) is 5.20. The van der Waals surface area contributed by atoms with Crippen LogP contribution < -0.4 is 4.74 Å². The molecule has 0 amide bonds. The zero-order valence-electron chi connectivity index (χ0n) is 16.3. The third-order valence-corrected chi connectivity index (χ3v) is 5.93. The summed E-state index contributed by atoms with van der Waals surface area (Å²) in [5, 5.41) is 9.26. The molecular formula is C20H29IO4S. The van der Waals surface area contributed by atoms with Gasteiger partial charge in [0.05, 0.1) is 13.2 Å². The number of aliphatic hydroxyl groups is 1. The SMILES string of the molecule is CC.CCc1c(C)c2c(c(OCCSI)c1C/C=C(\C)CO)C(=O)OC2. The number of ether oxygens (including phenoxy) is 2. The lowest BCUT2D eigenvalue weighted by molar-refractivity contribution is 0.0532. The molecule has 2 rings (SSSR count). The summed E-state index contributed by atoms with van der Waals surface area (Å²) >= 11 is 2.24. The van der Waals surface area contributed by atoms with Crippen LogP contribution in [0.2, 0.25) is 0 Å². The van der Waals surface area contributed by atoms with Crippen molar-refractivity contribution in [1.82, 2.24) is 0 Å². The highest BCUT2D eigenvalue weighted by molar-refractivity contribution is 14.2. The van der Waals surface area contributed by atoms with Crippen molar-refractivity contribution >= 4 is 36.1 Å². The summed E-state index contributed by atoms with van der Waals surface area (Å²) in [6.45, 7) is 11.0. The lowest BCUT2D eigenvalue weighted by Crippen LogP contribution is -2.11. The van der Waals surface area contributed by atoms with Gasteiger partial charge in [-0.25, -0.2) is 4.79 Å². The Balaban J connectivity index is 0.00000163. The van der Waals surface area contributed by atoms with Crippen molar-refractivity contribution in [3.63, 3.8) is 0 Å². The van der Waals surface area contributed by atoms with Gasteiger partial charge in [-0.1, -0.05) is 41.4 Å². The number of carbonyl (C=O) groups is 1. The van der Waals surface area contributed by atoms with E-state index in [0.29, 0.717) is 30.9 Å². The highest BCUT2D eigenvalue weighted by atomic mass is 127. The fourth-order valence-corrected chi connectivity index (χ4v) is 3.68. The first-order valence-electron chi connectivity index (χ1n) is 9.02. The van der Waals surface area contributed by atoms with Crippen LogP contribution in [0.25, 0.3) is 0 Å². The summed E-state index contributed by atoms with van der Waals surface area (Å²) < 4.78 is 11.3. The first kappa shape index (κ1) is 23.3. The zero-order chi connectivity index (χ0) is 19.7. The Morgan fingerprint density at radius 3 is 2.65 bits per heavy atom. The van der Waals surface area contributed by atoms with E-state index in [0.717, 1.165) is 34.4 Å². The van der Waals surface area contributed by atoms with Gasteiger partial charge in [-0.2, -0.15) is 0 Å². The second-order valence-corrected chi connectivity index (χ2v) is 8.26. The Labute approximate surface area is 173 Å². The summed E-state index contributed by atoms with van der Waals surface area (Å²) in [6, 6.07) is 0. The normalized spacial score (nSPS) is 13.0. The van der Waals surface area contributed by atoms with Gasteiger partial charge in [-0.15, -0.1) is 0 Å². The second kappa shape index (κ2) is 11.9. The monoisotopic (exact) mass is 492 g/mol. The molecule has 0 fully saturated rings. The minimum atomic E-state index is -0.294. The topological polar surface area (TPSA) is 55.8 Å². The van der Waals surface area contributed by atoms with E-state index in [1.165, 1.54) is 5.56 Å². The van der Waals surface area contributed by atoms with Crippen molar-refractivity contribution in [1.29, 1.82) is 0 Å². The average molecular weight is 492 g/mol. The number of halogens is 1. The largest absolute Gasteiger partial charge is 0.491 e. The summed E-state index contributed by atoms with van der Waals surface area (Å²) in [5.74, 6) is 1.23. The Morgan fingerprint density at radius 1 is 1.38 bits per heavy atom. The average Bonchev–Trinajstić information content (AvgIpc) is 3.05. The van der Waals surface area contributed by atoms with Gasteiger partial charge in [0, 0.05) is 16.9 Å². The molecule has 0 aromatic heterocycles. The van der Waals surface area contributed by atoms with Crippen LogP contribution in [0.1, 0.15) is 60.3 Å².